The van der Waals surface area contributed by atoms with E-state index in [1.807, 2.05) is 0 Å². The molecule has 1 amide bonds. The zero-order valence-electron chi connectivity index (χ0n) is 11.5. The number of carbonyl (C=O) groups excluding carboxylic acids is 1. The number of nitrogens with zero attached hydrogens (tertiary/aromatic N) is 1. The summed E-state index contributed by atoms with van der Waals surface area (Å²) in [4.78, 5) is 12.2. The summed E-state index contributed by atoms with van der Waals surface area (Å²) in [6.45, 7) is 0. The zero-order chi connectivity index (χ0) is 16.4. The molecule has 0 bridgehead atoms. The highest BCUT2D eigenvalue weighted by Crippen LogP contribution is 2.26. The lowest BCUT2D eigenvalue weighted by molar-refractivity contribution is 0.101. The van der Waals surface area contributed by atoms with E-state index >= 15 is 0 Å². The molecule has 2 aromatic carbocycles. The molecule has 23 heavy (non-hydrogen) atoms. The number of aromatic nitrogens is 1. The van der Waals surface area contributed by atoms with Gasteiger partial charge in [-0.1, -0.05) is 40.0 Å². The highest BCUT2D eigenvalue weighted by molar-refractivity contribution is 6.42. The van der Waals surface area contributed by atoms with Crippen molar-refractivity contribution in [1.82, 2.24) is 5.16 Å². The number of amides is 1. The van der Waals surface area contributed by atoms with E-state index in [1.54, 1.807) is 48.5 Å². The largest absolute Gasteiger partial charge is 0.355 e. The first-order chi connectivity index (χ1) is 11.0. The van der Waals surface area contributed by atoms with Crippen LogP contribution in [0.15, 0.2) is 53.1 Å². The van der Waals surface area contributed by atoms with E-state index in [4.69, 9.17) is 39.3 Å². The van der Waals surface area contributed by atoms with Gasteiger partial charge in [0.15, 0.2) is 11.5 Å². The maximum Gasteiger partial charge on any atom is 0.277 e. The molecule has 0 aliphatic carbocycles. The number of rotatable bonds is 3. The summed E-state index contributed by atoms with van der Waals surface area (Å²) in [6, 6.07) is 13.4. The highest BCUT2D eigenvalue weighted by Gasteiger charge is 2.14. The number of nitrogens with one attached hydrogen (secondary N) is 1. The molecule has 3 aromatic rings. The number of carbonyl (C=O) groups is 1. The first-order valence-corrected chi connectivity index (χ1v) is 7.65. The van der Waals surface area contributed by atoms with Crippen LogP contribution in [0.4, 0.5) is 5.69 Å². The summed E-state index contributed by atoms with van der Waals surface area (Å²) in [5, 5.41) is 7.83. The second-order valence-electron chi connectivity index (χ2n) is 4.67. The second kappa shape index (κ2) is 6.62. The third kappa shape index (κ3) is 3.67. The molecule has 1 aromatic heterocycles. The Labute approximate surface area is 146 Å². The molecule has 0 spiro atoms. The van der Waals surface area contributed by atoms with Gasteiger partial charge in [0.2, 0.25) is 0 Å². The molecule has 0 atom stereocenters. The van der Waals surface area contributed by atoms with Crippen LogP contribution in [0, 0.1) is 0 Å². The maximum atomic E-state index is 12.2. The van der Waals surface area contributed by atoms with Gasteiger partial charge in [0.25, 0.3) is 5.91 Å². The average molecular weight is 368 g/mol. The minimum atomic E-state index is -0.410. The molecule has 0 saturated heterocycles. The van der Waals surface area contributed by atoms with E-state index in [1.165, 1.54) is 0 Å². The molecule has 0 radical (unpaired) electrons. The normalized spacial score (nSPS) is 10.6. The molecule has 7 heteroatoms. The number of hydrogen-bond acceptors (Lipinski definition) is 3. The summed E-state index contributed by atoms with van der Waals surface area (Å²) >= 11 is 17.6. The van der Waals surface area contributed by atoms with E-state index < -0.39 is 5.91 Å². The van der Waals surface area contributed by atoms with Crippen LogP contribution < -0.4 is 5.32 Å². The average Bonchev–Trinajstić information content (AvgIpc) is 3.02. The molecule has 3 rings (SSSR count). The van der Waals surface area contributed by atoms with Gasteiger partial charge in [0.05, 0.1) is 10.0 Å². The van der Waals surface area contributed by atoms with Crippen molar-refractivity contribution in [2.75, 3.05) is 5.32 Å². The smallest absolute Gasteiger partial charge is 0.277 e. The predicted octanol–water partition coefficient (Wildman–Crippen LogP) is 5.55. The van der Waals surface area contributed by atoms with Crippen LogP contribution in [-0.2, 0) is 0 Å². The Bertz CT molecular complexity index is 860. The van der Waals surface area contributed by atoms with E-state index in [9.17, 15) is 4.79 Å². The van der Waals surface area contributed by atoms with Crippen molar-refractivity contribution < 1.29 is 9.32 Å². The van der Waals surface area contributed by atoms with E-state index in [0.717, 1.165) is 5.56 Å². The minimum absolute atomic E-state index is 0.154. The van der Waals surface area contributed by atoms with Crippen LogP contribution in [0.1, 0.15) is 10.5 Å². The molecular formula is C16H9Cl3N2O2. The fraction of sp³-hybridized carbons (Fsp3) is 0. The molecule has 116 valence electrons. The number of hydrogen-bond donors (Lipinski definition) is 1. The van der Waals surface area contributed by atoms with Gasteiger partial charge in [-0.3, -0.25) is 4.79 Å². The van der Waals surface area contributed by atoms with Crippen LogP contribution in [0.25, 0.3) is 11.3 Å². The van der Waals surface area contributed by atoms with Crippen molar-refractivity contribution in [1.29, 1.82) is 0 Å². The maximum absolute atomic E-state index is 12.2. The SMILES string of the molecule is O=C(Nc1ccc(Cl)c(Cl)c1)c1cc(-c2ccc(Cl)cc2)on1. The molecule has 1 N–H and O–H groups in total. The van der Waals surface area contributed by atoms with E-state index in [0.29, 0.717) is 26.5 Å². The third-order valence-electron chi connectivity index (χ3n) is 3.05. The van der Waals surface area contributed by atoms with Gasteiger partial charge in [-0.2, -0.15) is 0 Å². The standard InChI is InChI=1S/C16H9Cl3N2O2/c17-10-3-1-9(2-4-10)15-8-14(21-23-15)16(22)20-11-5-6-12(18)13(19)7-11/h1-8H,(H,20,22). The summed E-state index contributed by atoms with van der Waals surface area (Å²) in [5.41, 5.74) is 1.44. The Balaban J connectivity index is 1.78. The Morgan fingerprint density at radius 1 is 0.957 bits per heavy atom. The number of halogens is 3. The van der Waals surface area contributed by atoms with Crippen molar-refractivity contribution in [2.45, 2.75) is 0 Å². The van der Waals surface area contributed by atoms with E-state index in [2.05, 4.69) is 10.5 Å². The number of anilines is 1. The fourth-order valence-electron chi connectivity index (χ4n) is 1.90. The van der Waals surface area contributed by atoms with Gasteiger partial charge in [-0.05, 0) is 42.5 Å². The summed E-state index contributed by atoms with van der Waals surface area (Å²) < 4.78 is 5.19. The first kappa shape index (κ1) is 15.9. The molecule has 0 unspecified atom stereocenters. The van der Waals surface area contributed by atoms with Crippen molar-refractivity contribution in [2.24, 2.45) is 0 Å². The van der Waals surface area contributed by atoms with Crippen molar-refractivity contribution >= 4 is 46.4 Å². The lowest BCUT2D eigenvalue weighted by Crippen LogP contribution is -2.12. The van der Waals surface area contributed by atoms with E-state index in [-0.39, 0.29) is 5.69 Å². The monoisotopic (exact) mass is 366 g/mol. The van der Waals surface area contributed by atoms with Crippen molar-refractivity contribution in [3.05, 3.63) is 69.3 Å². The molecule has 0 aliphatic rings. The number of benzene rings is 2. The topological polar surface area (TPSA) is 55.1 Å². The Morgan fingerprint density at radius 2 is 1.70 bits per heavy atom. The Morgan fingerprint density at radius 3 is 2.39 bits per heavy atom. The van der Waals surface area contributed by atoms with Crippen LogP contribution >= 0.6 is 34.8 Å². The summed E-state index contributed by atoms with van der Waals surface area (Å²) in [7, 11) is 0. The fourth-order valence-corrected chi connectivity index (χ4v) is 2.33. The van der Waals surface area contributed by atoms with Crippen molar-refractivity contribution in [3.63, 3.8) is 0 Å². The molecule has 1 heterocycles. The quantitative estimate of drug-likeness (QED) is 0.660. The predicted molar refractivity (Wildman–Crippen MR) is 91.4 cm³/mol. The van der Waals surface area contributed by atoms with Gasteiger partial charge in [-0.15, -0.1) is 0 Å². The molecule has 0 saturated carbocycles. The molecule has 4 nitrogen and oxygen atoms in total. The zero-order valence-corrected chi connectivity index (χ0v) is 13.8. The summed E-state index contributed by atoms with van der Waals surface area (Å²) in [5.74, 6) is 0.0632. The Kier molecular flexibility index (Phi) is 4.57. The molecule has 0 aliphatic heterocycles. The van der Waals surface area contributed by atoms with Gasteiger partial charge in [-0.25, -0.2) is 0 Å². The van der Waals surface area contributed by atoms with Crippen LogP contribution in [-0.4, -0.2) is 11.1 Å². The first-order valence-electron chi connectivity index (χ1n) is 6.52. The Hall–Kier alpha value is -2.01. The lowest BCUT2D eigenvalue weighted by atomic mass is 10.1. The molecular weight excluding hydrogens is 359 g/mol. The highest BCUT2D eigenvalue weighted by atomic mass is 35.5. The minimum Gasteiger partial charge on any atom is -0.355 e. The van der Waals surface area contributed by atoms with Crippen LogP contribution in [0.5, 0.6) is 0 Å². The summed E-state index contributed by atoms with van der Waals surface area (Å²) in [6.07, 6.45) is 0. The molecule has 0 fully saturated rings. The van der Waals surface area contributed by atoms with Crippen LogP contribution in [0.2, 0.25) is 15.1 Å². The van der Waals surface area contributed by atoms with Crippen molar-refractivity contribution in [3.8, 4) is 11.3 Å². The van der Waals surface area contributed by atoms with Gasteiger partial charge >= 0.3 is 0 Å². The van der Waals surface area contributed by atoms with Gasteiger partial charge in [0.1, 0.15) is 0 Å². The third-order valence-corrected chi connectivity index (χ3v) is 4.04. The van der Waals surface area contributed by atoms with Gasteiger partial charge in [0, 0.05) is 22.3 Å². The van der Waals surface area contributed by atoms with Crippen LogP contribution in [0.3, 0.4) is 0 Å². The lowest BCUT2D eigenvalue weighted by Gasteiger charge is -2.03. The van der Waals surface area contributed by atoms with Gasteiger partial charge < -0.3 is 9.84 Å². The second-order valence-corrected chi connectivity index (χ2v) is 5.92.